The van der Waals surface area contributed by atoms with Crippen molar-refractivity contribution in [1.82, 2.24) is 0 Å². The van der Waals surface area contributed by atoms with Crippen molar-refractivity contribution < 1.29 is 24.2 Å². The molecule has 7 heteroatoms. The van der Waals surface area contributed by atoms with Gasteiger partial charge in [0.2, 0.25) is 5.91 Å². The summed E-state index contributed by atoms with van der Waals surface area (Å²) in [6.45, 7) is 0. The monoisotopic (exact) mass is 256 g/mol. The summed E-state index contributed by atoms with van der Waals surface area (Å²) in [6.07, 6.45) is -0.553. The van der Waals surface area contributed by atoms with Gasteiger partial charge in [0.15, 0.2) is 0 Å². The average Bonchev–Trinajstić information content (AvgIpc) is 2.73. The lowest BCUT2D eigenvalue weighted by Crippen LogP contribution is -2.24. The van der Waals surface area contributed by atoms with Crippen molar-refractivity contribution >= 4 is 34.9 Å². The number of anilines is 1. The fraction of sp³-hybridized carbons (Fsp3) is 0.300. The number of methoxy groups -OCH3 is 1. The maximum absolute atomic E-state index is 11.3. The predicted octanol–water partition coefficient (Wildman–Crippen LogP) is 0.00330. The summed E-state index contributed by atoms with van der Waals surface area (Å²) < 4.78 is 4.53. The Morgan fingerprint density at radius 3 is 2.71 bits per heavy atom. The summed E-state index contributed by atoms with van der Waals surface area (Å²) in [5.74, 6) is -2.33. The van der Waals surface area contributed by atoms with Crippen molar-refractivity contribution in [2.45, 2.75) is 12.8 Å². The van der Waals surface area contributed by atoms with Gasteiger partial charge in [-0.15, -0.1) is 11.3 Å². The van der Waals surface area contributed by atoms with Gasteiger partial charge in [-0.2, -0.15) is 0 Å². The van der Waals surface area contributed by atoms with Crippen molar-refractivity contribution in [3.63, 3.8) is 0 Å². The molecule has 0 bridgehead atoms. The van der Waals surface area contributed by atoms with E-state index in [4.69, 9.17) is 0 Å². The molecule has 0 saturated carbocycles. The third-order valence-corrected chi connectivity index (χ3v) is 2.76. The number of rotatable bonds is 5. The molecule has 0 saturated heterocycles. The van der Waals surface area contributed by atoms with Gasteiger partial charge in [0.05, 0.1) is 12.8 Å². The second-order valence-electron chi connectivity index (χ2n) is 3.08. The van der Waals surface area contributed by atoms with E-state index in [2.05, 4.69) is 10.1 Å². The van der Waals surface area contributed by atoms with E-state index in [1.165, 1.54) is 7.11 Å². The first-order chi connectivity index (χ1) is 8.04. The molecular weight excluding hydrogens is 246 g/mol. The first kappa shape index (κ1) is 13.2. The number of thiophene rings is 1. The Balaban J connectivity index is 2.62. The molecule has 17 heavy (non-hydrogen) atoms. The van der Waals surface area contributed by atoms with Crippen molar-refractivity contribution in [1.29, 1.82) is 0 Å². The summed E-state index contributed by atoms with van der Waals surface area (Å²) in [6, 6.07) is 1.55. The van der Waals surface area contributed by atoms with Gasteiger partial charge in [0.25, 0.3) is 0 Å². The van der Waals surface area contributed by atoms with Crippen LogP contribution in [0.4, 0.5) is 5.69 Å². The lowest BCUT2D eigenvalue weighted by atomic mass is 10.3. The number of carboxylic acid groups (broad SMARTS) is 1. The fourth-order valence-electron chi connectivity index (χ4n) is 1.09. The molecule has 6 nitrogen and oxygen atoms in total. The van der Waals surface area contributed by atoms with E-state index in [-0.39, 0.29) is 17.7 Å². The van der Waals surface area contributed by atoms with E-state index in [1.807, 2.05) is 0 Å². The normalized spacial score (nSPS) is 9.71. The molecule has 0 spiro atoms. The number of hydrogen-bond acceptors (Lipinski definition) is 6. The number of carbonyl (C=O) groups excluding carboxylic acids is 3. The minimum Gasteiger partial charge on any atom is -0.550 e. The van der Waals surface area contributed by atoms with Crippen molar-refractivity contribution in [2.24, 2.45) is 0 Å². The molecule has 1 aromatic heterocycles. The van der Waals surface area contributed by atoms with Crippen LogP contribution in [-0.4, -0.2) is 25.0 Å². The number of ether oxygens (including phenoxy) is 1. The van der Waals surface area contributed by atoms with Gasteiger partial charge in [-0.1, -0.05) is 0 Å². The minimum atomic E-state index is -1.29. The number of carbonyl (C=O) groups is 3. The van der Waals surface area contributed by atoms with Crippen LogP contribution < -0.4 is 10.4 Å². The number of nitrogens with one attached hydrogen (secondary N) is 1. The molecule has 1 amide bonds. The number of hydrogen-bond donors (Lipinski definition) is 1. The van der Waals surface area contributed by atoms with E-state index in [0.717, 1.165) is 11.3 Å². The molecule has 1 heterocycles. The smallest absolute Gasteiger partial charge is 0.350 e. The van der Waals surface area contributed by atoms with E-state index in [0.29, 0.717) is 5.69 Å². The van der Waals surface area contributed by atoms with Crippen molar-refractivity contribution in [3.05, 3.63) is 16.3 Å². The van der Waals surface area contributed by atoms with Gasteiger partial charge in [-0.3, -0.25) is 4.79 Å². The topological polar surface area (TPSA) is 95.5 Å². The zero-order valence-electron chi connectivity index (χ0n) is 9.02. The highest BCUT2D eigenvalue weighted by Crippen LogP contribution is 2.23. The van der Waals surface area contributed by atoms with Gasteiger partial charge in [-0.25, -0.2) is 4.79 Å². The minimum absolute atomic E-state index is 0.196. The second-order valence-corrected chi connectivity index (χ2v) is 3.99. The maximum atomic E-state index is 11.3. The summed E-state index contributed by atoms with van der Waals surface area (Å²) in [5.41, 5.74) is 0.324. The molecule has 0 aliphatic heterocycles. The van der Waals surface area contributed by atoms with Crippen LogP contribution in [0.25, 0.3) is 0 Å². The van der Waals surface area contributed by atoms with Crippen LogP contribution in [0, 0.1) is 0 Å². The molecule has 1 aromatic rings. The van der Waals surface area contributed by atoms with Gasteiger partial charge in [0, 0.05) is 12.4 Å². The molecule has 0 atom stereocenters. The number of amides is 1. The summed E-state index contributed by atoms with van der Waals surface area (Å²) in [5, 5.41) is 14.2. The van der Waals surface area contributed by atoms with Gasteiger partial charge in [0.1, 0.15) is 4.88 Å². The lowest BCUT2D eigenvalue weighted by Gasteiger charge is -2.05. The Kier molecular flexibility index (Phi) is 4.65. The van der Waals surface area contributed by atoms with E-state index >= 15 is 0 Å². The molecule has 0 fully saturated rings. The van der Waals surface area contributed by atoms with Crippen LogP contribution in [0.5, 0.6) is 0 Å². The molecule has 1 rings (SSSR count). The van der Waals surface area contributed by atoms with Crippen LogP contribution >= 0.6 is 11.3 Å². The standard InChI is InChI=1S/C10H11NO5S/c1-16-10(15)9-6(4-5-17-9)11-7(12)2-3-8(13)14/h4-5H,2-3H2,1H3,(H,11,12)(H,13,14)/p-1. The zero-order valence-corrected chi connectivity index (χ0v) is 9.83. The molecule has 0 aliphatic rings. The third-order valence-electron chi connectivity index (χ3n) is 1.87. The molecule has 0 radical (unpaired) electrons. The third kappa shape index (κ3) is 3.87. The molecule has 92 valence electrons. The zero-order chi connectivity index (χ0) is 12.8. The lowest BCUT2D eigenvalue weighted by molar-refractivity contribution is -0.305. The van der Waals surface area contributed by atoms with Gasteiger partial charge >= 0.3 is 5.97 Å². The maximum Gasteiger partial charge on any atom is 0.350 e. The number of aliphatic carboxylic acids is 1. The Morgan fingerprint density at radius 1 is 1.41 bits per heavy atom. The summed E-state index contributed by atoms with van der Waals surface area (Å²) in [4.78, 5) is 33.0. The van der Waals surface area contributed by atoms with E-state index < -0.39 is 17.8 Å². The first-order valence-corrected chi connectivity index (χ1v) is 5.58. The Labute approximate surface area is 101 Å². The first-order valence-electron chi connectivity index (χ1n) is 4.70. The number of esters is 1. The highest BCUT2D eigenvalue weighted by Gasteiger charge is 2.15. The molecule has 0 aromatic carbocycles. The second kappa shape index (κ2) is 6.00. The van der Waals surface area contributed by atoms with E-state index in [1.54, 1.807) is 11.4 Å². The fourth-order valence-corrected chi connectivity index (χ4v) is 1.85. The Morgan fingerprint density at radius 2 is 2.12 bits per heavy atom. The van der Waals surface area contributed by atoms with Crippen molar-refractivity contribution in [3.8, 4) is 0 Å². The van der Waals surface area contributed by atoms with Crippen LogP contribution in [-0.2, 0) is 14.3 Å². The predicted molar refractivity (Wildman–Crippen MR) is 58.5 cm³/mol. The highest BCUT2D eigenvalue weighted by molar-refractivity contribution is 7.12. The molecule has 1 N–H and O–H groups in total. The van der Waals surface area contributed by atoms with Crippen molar-refractivity contribution in [2.75, 3.05) is 12.4 Å². The largest absolute Gasteiger partial charge is 0.550 e. The summed E-state index contributed by atoms with van der Waals surface area (Å²) >= 11 is 1.13. The molecule has 0 unspecified atom stereocenters. The van der Waals surface area contributed by atoms with Gasteiger partial charge in [-0.05, 0) is 17.9 Å². The summed E-state index contributed by atoms with van der Waals surface area (Å²) in [7, 11) is 1.24. The molecule has 0 aliphatic carbocycles. The average molecular weight is 256 g/mol. The van der Waals surface area contributed by atoms with Crippen LogP contribution in [0.1, 0.15) is 22.5 Å². The SMILES string of the molecule is COC(=O)c1sccc1NC(=O)CCC(=O)[O-]. The van der Waals surface area contributed by atoms with Gasteiger partial charge < -0.3 is 20.0 Å². The van der Waals surface area contributed by atoms with Crippen LogP contribution in [0.3, 0.4) is 0 Å². The highest BCUT2D eigenvalue weighted by atomic mass is 32.1. The van der Waals surface area contributed by atoms with E-state index in [9.17, 15) is 19.5 Å². The van der Waals surface area contributed by atoms with Crippen LogP contribution in [0.15, 0.2) is 11.4 Å². The quantitative estimate of drug-likeness (QED) is 0.748. The number of carboxylic acids is 1. The Bertz CT molecular complexity index is 440. The van der Waals surface area contributed by atoms with Crippen LogP contribution in [0.2, 0.25) is 0 Å². The molecular formula is C10H10NO5S-. The Hall–Kier alpha value is -1.89.